The topological polar surface area (TPSA) is 59.5 Å². The van der Waals surface area contributed by atoms with Gasteiger partial charge in [0.05, 0.1) is 21.7 Å². The van der Waals surface area contributed by atoms with Crippen molar-refractivity contribution in [2.75, 3.05) is 4.90 Å². The van der Waals surface area contributed by atoms with Gasteiger partial charge in [0.1, 0.15) is 12.1 Å². The van der Waals surface area contributed by atoms with Crippen LogP contribution >= 0.6 is 22.7 Å². The van der Waals surface area contributed by atoms with E-state index in [1.165, 1.54) is 16.9 Å². The van der Waals surface area contributed by atoms with Crippen LogP contribution in [0.5, 0.6) is 0 Å². The largest absolute Gasteiger partial charge is 0.483 e. The highest BCUT2D eigenvalue weighted by molar-refractivity contribution is 7.22. The maximum absolute atomic E-state index is 13.7. The normalized spacial score (nSPS) is 27.6. The Morgan fingerprint density at radius 2 is 2.09 bits per heavy atom. The van der Waals surface area contributed by atoms with E-state index >= 15 is 0 Å². The molecule has 0 spiro atoms. The van der Waals surface area contributed by atoms with Gasteiger partial charge in [-0.15, -0.1) is 11.3 Å². The van der Waals surface area contributed by atoms with Gasteiger partial charge in [-0.1, -0.05) is 37.3 Å². The lowest BCUT2D eigenvalue weighted by atomic mass is 9.74. The van der Waals surface area contributed by atoms with Gasteiger partial charge in [0.2, 0.25) is 0 Å². The minimum Gasteiger partial charge on any atom is -0.483 e. The number of rotatable bonds is 3. The van der Waals surface area contributed by atoms with Crippen molar-refractivity contribution < 1.29 is 14.3 Å². The minimum atomic E-state index is -0.464. The molecule has 2 aliphatic heterocycles. The van der Waals surface area contributed by atoms with Crippen LogP contribution in [0.25, 0.3) is 10.2 Å². The summed E-state index contributed by atoms with van der Waals surface area (Å²) in [7, 11) is 0. The Morgan fingerprint density at radius 1 is 1.22 bits per heavy atom. The van der Waals surface area contributed by atoms with Crippen LogP contribution < -0.4 is 4.90 Å². The molecule has 7 heteroatoms. The van der Waals surface area contributed by atoms with E-state index in [4.69, 9.17) is 9.72 Å². The molecule has 0 N–H and O–H groups in total. The van der Waals surface area contributed by atoms with Crippen molar-refractivity contribution in [1.82, 2.24) is 4.98 Å². The third kappa shape index (κ3) is 2.98. The van der Waals surface area contributed by atoms with E-state index in [1.54, 1.807) is 16.2 Å². The molecule has 4 heterocycles. The molecule has 164 valence electrons. The Kier molecular flexibility index (Phi) is 4.73. The van der Waals surface area contributed by atoms with Gasteiger partial charge in [0, 0.05) is 4.88 Å². The minimum absolute atomic E-state index is 0.0893. The van der Waals surface area contributed by atoms with Gasteiger partial charge >= 0.3 is 0 Å². The molecule has 0 saturated heterocycles. The number of aryl methyl sites for hydroxylation is 1. The molecule has 2 aromatic heterocycles. The molecule has 4 unspecified atom stereocenters. The lowest BCUT2D eigenvalue weighted by Gasteiger charge is -2.37. The van der Waals surface area contributed by atoms with Gasteiger partial charge < -0.3 is 4.74 Å². The SMILES string of the molecule is CCc1ccc2nc(N3C(=O)C4=C(C(=O)C5CC(C)CCC5O4)C3c3cccs3)sc2c1. The number of carbonyl (C=O) groups is 2. The molecular formula is C25H24N2O3S2. The van der Waals surface area contributed by atoms with E-state index in [2.05, 4.69) is 26.0 Å². The number of hydrogen-bond acceptors (Lipinski definition) is 6. The van der Waals surface area contributed by atoms with Crippen LogP contribution in [0.2, 0.25) is 0 Å². The second-order valence-electron chi connectivity index (χ2n) is 9.03. The van der Waals surface area contributed by atoms with Crippen LogP contribution in [0.15, 0.2) is 47.0 Å². The first-order chi connectivity index (χ1) is 15.5. The Hall–Kier alpha value is -2.51. The molecule has 1 aromatic carbocycles. The number of hydrogen-bond donors (Lipinski definition) is 0. The number of carbonyl (C=O) groups excluding carboxylic acids is 2. The number of amides is 1. The maximum atomic E-state index is 13.7. The molecule has 3 aliphatic rings. The fraction of sp³-hybridized carbons (Fsp3) is 0.400. The van der Waals surface area contributed by atoms with Crippen molar-refractivity contribution in [1.29, 1.82) is 0 Å². The van der Waals surface area contributed by atoms with Crippen molar-refractivity contribution in [3.05, 3.63) is 57.5 Å². The van der Waals surface area contributed by atoms with E-state index in [-0.39, 0.29) is 29.5 Å². The maximum Gasteiger partial charge on any atom is 0.296 e. The molecule has 0 bridgehead atoms. The van der Waals surface area contributed by atoms with Gasteiger partial charge in [0.15, 0.2) is 16.7 Å². The Morgan fingerprint density at radius 3 is 2.88 bits per heavy atom. The zero-order valence-electron chi connectivity index (χ0n) is 18.0. The standard InChI is InChI=1S/C25H24N2O3S2/c1-3-14-7-8-16-19(12-14)32-25(26-16)27-21(18-5-4-10-31-18)20-22(28)15-11-13(2)6-9-17(15)30-23(20)24(27)29/h4-5,7-8,10,12-13,15,17,21H,3,6,9,11H2,1-2H3. The Bertz CT molecular complexity index is 1260. The summed E-state index contributed by atoms with van der Waals surface area (Å²) in [6.07, 6.45) is 3.44. The number of nitrogens with zero attached hydrogens (tertiary/aromatic N) is 2. The molecule has 1 saturated carbocycles. The fourth-order valence-electron chi connectivity index (χ4n) is 5.27. The number of ether oxygens (including phenoxy) is 1. The summed E-state index contributed by atoms with van der Waals surface area (Å²) in [4.78, 5) is 34.9. The smallest absolute Gasteiger partial charge is 0.296 e. The average Bonchev–Trinajstić information content (AvgIpc) is 3.52. The second-order valence-corrected chi connectivity index (χ2v) is 11.0. The van der Waals surface area contributed by atoms with E-state index in [0.29, 0.717) is 16.6 Å². The van der Waals surface area contributed by atoms with Crippen molar-refractivity contribution in [2.45, 2.75) is 51.7 Å². The van der Waals surface area contributed by atoms with Gasteiger partial charge in [-0.3, -0.25) is 14.5 Å². The molecule has 1 aliphatic carbocycles. The van der Waals surface area contributed by atoms with Crippen LogP contribution in [0, 0.1) is 11.8 Å². The Balaban J connectivity index is 1.47. The first-order valence-electron chi connectivity index (χ1n) is 11.3. The van der Waals surface area contributed by atoms with Crippen LogP contribution in [-0.4, -0.2) is 22.8 Å². The summed E-state index contributed by atoms with van der Waals surface area (Å²) >= 11 is 3.07. The number of Topliss-reactive ketones (excluding diaryl/α,β-unsaturated/α-hetero) is 1. The zero-order valence-corrected chi connectivity index (χ0v) is 19.7. The van der Waals surface area contributed by atoms with E-state index in [1.807, 2.05) is 23.6 Å². The molecule has 1 fully saturated rings. The lowest BCUT2D eigenvalue weighted by molar-refractivity contribution is -0.132. The first kappa shape index (κ1) is 20.1. The zero-order chi connectivity index (χ0) is 22.0. The predicted molar refractivity (Wildman–Crippen MR) is 127 cm³/mol. The number of fused-ring (bicyclic) bond motifs is 2. The monoisotopic (exact) mass is 464 g/mol. The number of ketones is 1. The number of aromatic nitrogens is 1. The van der Waals surface area contributed by atoms with E-state index in [0.717, 1.165) is 40.8 Å². The van der Waals surface area contributed by atoms with Crippen LogP contribution in [0.3, 0.4) is 0 Å². The third-order valence-corrected chi connectivity index (χ3v) is 8.92. The van der Waals surface area contributed by atoms with E-state index < -0.39 is 6.04 Å². The second kappa shape index (κ2) is 7.52. The highest BCUT2D eigenvalue weighted by Crippen LogP contribution is 2.50. The molecule has 1 amide bonds. The number of thiophene rings is 1. The first-order valence-corrected chi connectivity index (χ1v) is 13.0. The number of anilines is 1. The van der Waals surface area contributed by atoms with Gasteiger partial charge in [-0.2, -0.15) is 0 Å². The lowest BCUT2D eigenvalue weighted by Crippen LogP contribution is -2.41. The van der Waals surface area contributed by atoms with Crippen LogP contribution in [0.1, 0.15) is 49.6 Å². The van der Waals surface area contributed by atoms with E-state index in [9.17, 15) is 9.59 Å². The van der Waals surface area contributed by atoms with Gasteiger partial charge in [0.25, 0.3) is 5.91 Å². The molecule has 3 aromatic rings. The summed E-state index contributed by atoms with van der Waals surface area (Å²) < 4.78 is 7.34. The van der Waals surface area contributed by atoms with Crippen molar-refractivity contribution in [2.24, 2.45) is 11.8 Å². The number of thiazole rings is 1. The highest BCUT2D eigenvalue weighted by atomic mass is 32.1. The van der Waals surface area contributed by atoms with Crippen molar-refractivity contribution in [3.8, 4) is 0 Å². The third-order valence-electron chi connectivity index (χ3n) is 6.98. The van der Waals surface area contributed by atoms with Gasteiger partial charge in [-0.25, -0.2) is 4.98 Å². The molecule has 0 radical (unpaired) electrons. The highest BCUT2D eigenvalue weighted by Gasteiger charge is 2.53. The summed E-state index contributed by atoms with van der Waals surface area (Å²) in [5, 5.41) is 2.61. The van der Waals surface area contributed by atoms with Crippen LogP contribution in [-0.2, 0) is 20.7 Å². The van der Waals surface area contributed by atoms with Crippen molar-refractivity contribution in [3.63, 3.8) is 0 Å². The molecule has 4 atom stereocenters. The van der Waals surface area contributed by atoms with Crippen molar-refractivity contribution >= 4 is 49.7 Å². The molecule has 6 rings (SSSR count). The molecular weight excluding hydrogens is 440 g/mol. The summed E-state index contributed by atoms with van der Waals surface area (Å²) in [5.41, 5.74) is 2.64. The fourth-order valence-corrected chi connectivity index (χ4v) is 7.15. The number of benzene rings is 1. The van der Waals surface area contributed by atoms with Gasteiger partial charge in [-0.05, 0) is 60.7 Å². The summed E-state index contributed by atoms with van der Waals surface area (Å²) in [5.74, 6) is 0.439. The quantitative estimate of drug-likeness (QED) is 0.501. The van der Waals surface area contributed by atoms with Crippen LogP contribution in [0.4, 0.5) is 5.13 Å². The summed E-state index contributed by atoms with van der Waals surface area (Å²) in [6, 6.07) is 9.73. The Labute approximate surface area is 194 Å². The predicted octanol–water partition coefficient (Wildman–Crippen LogP) is 5.67. The average molecular weight is 465 g/mol. The molecule has 32 heavy (non-hydrogen) atoms. The molecule has 5 nitrogen and oxygen atoms in total. The summed E-state index contributed by atoms with van der Waals surface area (Å²) in [6.45, 7) is 4.32.